The summed E-state index contributed by atoms with van der Waals surface area (Å²) >= 11 is 0. The van der Waals surface area contributed by atoms with Crippen molar-refractivity contribution in [1.29, 1.82) is 0 Å². The maximum atomic E-state index is 12.6. The summed E-state index contributed by atoms with van der Waals surface area (Å²) in [6, 6.07) is 11.5. The van der Waals surface area contributed by atoms with Gasteiger partial charge in [0.05, 0.1) is 12.7 Å². The summed E-state index contributed by atoms with van der Waals surface area (Å²) in [4.78, 5) is 29.4. The topological polar surface area (TPSA) is 82.6 Å². The monoisotopic (exact) mass is 448 g/mol. The number of hydrogen-bond acceptors (Lipinski definition) is 3. The molecular weight excluding hydrogens is 416 g/mol. The van der Waals surface area contributed by atoms with E-state index in [4.69, 9.17) is 4.74 Å². The SMILES string of the molecule is CCCC(c1ccc(C(=O)O)cc1OC)c1c[nH]c2ccc(CC3CCN(CC)C3=O)cc12. The molecular formula is C27H32N2O4. The summed E-state index contributed by atoms with van der Waals surface area (Å²) in [6.45, 7) is 5.81. The number of rotatable bonds is 9. The molecule has 1 saturated heterocycles. The van der Waals surface area contributed by atoms with Crippen molar-refractivity contribution in [1.82, 2.24) is 9.88 Å². The van der Waals surface area contributed by atoms with Crippen molar-refractivity contribution in [2.24, 2.45) is 5.92 Å². The van der Waals surface area contributed by atoms with E-state index in [1.54, 1.807) is 19.2 Å². The fraction of sp³-hybridized carbons (Fsp3) is 0.407. The van der Waals surface area contributed by atoms with E-state index in [0.717, 1.165) is 55.2 Å². The Balaban J connectivity index is 1.70. The van der Waals surface area contributed by atoms with Crippen molar-refractivity contribution >= 4 is 22.8 Å². The molecule has 2 atom stereocenters. The van der Waals surface area contributed by atoms with Gasteiger partial charge >= 0.3 is 5.97 Å². The van der Waals surface area contributed by atoms with Crippen LogP contribution in [0.25, 0.3) is 10.9 Å². The molecule has 6 nitrogen and oxygen atoms in total. The zero-order chi connectivity index (χ0) is 23.5. The fourth-order valence-electron chi connectivity index (χ4n) is 5.10. The minimum Gasteiger partial charge on any atom is -0.496 e. The van der Waals surface area contributed by atoms with Gasteiger partial charge in [-0.2, -0.15) is 0 Å². The average Bonchev–Trinajstić information content (AvgIpc) is 3.40. The lowest BCUT2D eigenvalue weighted by molar-refractivity contribution is -0.130. The average molecular weight is 449 g/mol. The van der Waals surface area contributed by atoms with E-state index in [-0.39, 0.29) is 23.3 Å². The number of aromatic carboxylic acids is 1. The molecule has 2 heterocycles. The number of ether oxygens (including phenoxy) is 1. The Labute approximate surface area is 194 Å². The van der Waals surface area contributed by atoms with Crippen LogP contribution >= 0.6 is 0 Å². The number of fused-ring (bicyclic) bond motifs is 1. The van der Waals surface area contributed by atoms with Gasteiger partial charge in [-0.25, -0.2) is 4.79 Å². The van der Waals surface area contributed by atoms with E-state index < -0.39 is 5.97 Å². The third kappa shape index (κ3) is 4.47. The Morgan fingerprint density at radius 2 is 2.03 bits per heavy atom. The second-order valence-corrected chi connectivity index (χ2v) is 8.83. The first kappa shape index (κ1) is 22.9. The zero-order valence-corrected chi connectivity index (χ0v) is 19.6. The number of carboxylic acids is 1. The van der Waals surface area contributed by atoms with Gasteiger partial charge in [-0.3, -0.25) is 4.79 Å². The molecule has 1 amide bonds. The van der Waals surface area contributed by atoms with Gasteiger partial charge in [0.25, 0.3) is 0 Å². The Hall–Kier alpha value is -3.28. The van der Waals surface area contributed by atoms with Crippen molar-refractivity contribution < 1.29 is 19.4 Å². The van der Waals surface area contributed by atoms with Crippen LogP contribution in [0.4, 0.5) is 0 Å². The van der Waals surface area contributed by atoms with Crippen LogP contribution in [-0.4, -0.2) is 47.1 Å². The molecule has 1 fully saturated rings. The summed E-state index contributed by atoms with van der Waals surface area (Å²) in [7, 11) is 1.58. The van der Waals surface area contributed by atoms with E-state index in [1.807, 2.05) is 17.9 Å². The van der Waals surface area contributed by atoms with Crippen molar-refractivity contribution in [3.63, 3.8) is 0 Å². The number of methoxy groups -OCH3 is 1. The number of H-pyrrole nitrogens is 1. The van der Waals surface area contributed by atoms with E-state index in [9.17, 15) is 14.7 Å². The third-order valence-electron chi connectivity index (χ3n) is 6.86. The first-order valence-corrected chi connectivity index (χ1v) is 11.8. The highest BCUT2D eigenvalue weighted by molar-refractivity contribution is 5.89. The second-order valence-electron chi connectivity index (χ2n) is 8.83. The summed E-state index contributed by atoms with van der Waals surface area (Å²) < 4.78 is 5.60. The van der Waals surface area contributed by atoms with E-state index >= 15 is 0 Å². The van der Waals surface area contributed by atoms with Gasteiger partial charge in [0.15, 0.2) is 0 Å². The van der Waals surface area contributed by atoms with Gasteiger partial charge in [-0.15, -0.1) is 0 Å². The fourth-order valence-corrected chi connectivity index (χ4v) is 5.10. The normalized spacial score (nSPS) is 17.0. The second kappa shape index (κ2) is 9.69. The predicted molar refractivity (Wildman–Crippen MR) is 129 cm³/mol. The van der Waals surface area contributed by atoms with Crippen LogP contribution in [0.5, 0.6) is 5.75 Å². The molecule has 174 valence electrons. The number of carboxylic acid groups (broad SMARTS) is 1. The molecule has 4 rings (SSSR count). The van der Waals surface area contributed by atoms with Crippen LogP contribution in [0.15, 0.2) is 42.6 Å². The van der Waals surface area contributed by atoms with Crippen molar-refractivity contribution in [3.05, 3.63) is 64.8 Å². The number of carbonyl (C=O) groups is 2. The van der Waals surface area contributed by atoms with Gasteiger partial charge in [0.1, 0.15) is 5.75 Å². The van der Waals surface area contributed by atoms with Crippen LogP contribution in [0.3, 0.4) is 0 Å². The Morgan fingerprint density at radius 3 is 2.70 bits per heavy atom. The molecule has 0 saturated carbocycles. The molecule has 6 heteroatoms. The molecule has 33 heavy (non-hydrogen) atoms. The highest BCUT2D eigenvalue weighted by Crippen LogP contribution is 2.39. The summed E-state index contributed by atoms with van der Waals surface area (Å²) in [5, 5.41) is 10.5. The number of amides is 1. The highest BCUT2D eigenvalue weighted by atomic mass is 16.5. The van der Waals surface area contributed by atoms with Crippen LogP contribution in [0.1, 0.15) is 66.1 Å². The standard InChI is InChI=1S/C27H32N2O4/c1-4-6-20(21-9-8-19(27(31)32)15-25(21)33-3)23-16-28-24-10-7-17(14-22(23)24)13-18-11-12-29(5-2)26(18)30/h7-10,14-16,18,20,28H,4-6,11-13H2,1-3H3,(H,31,32). The van der Waals surface area contributed by atoms with Crippen LogP contribution in [-0.2, 0) is 11.2 Å². The van der Waals surface area contributed by atoms with E-state index in [1.165, 1.54) is 11.1 Å². The molecule has 0 bridgehead atoms. The number of aromatic nitrogens is 1. The molecule has 0 radical (unpaired) electrons. The maximum Gasteiger partial charge on any atom is 0.335 e. The van der Waals surface area contributed by atoms with Crippen LogP contribution < -0.4 is 4.74 Å². The van der Waals surface area contributed by atoms with Gasteiger partial charge in [0.2, 0.25) is 5.91 Å². The number of likely N-dealkylation sites (tertiary alicyclic amines) is 1. The third-order valence-corrected chi connectivity index (χ3v) is 6.86. The molecule has 1 aliphatic heterocycles. The number of benzene rings is 2. The smallest absolute Gasteiger partial charge is 0.335 e. The molecule has 0 spiro atoms. The number of nitrogens with zero attached hydrogens (tertiary/aromatic N) is 1. The lowest BCUT2D eigenvalue weighted by Gasteiger charge is -2.20. The summed E-state index contributed by atoms with van der Waals surface area (Å²) in [6.07, 6.45) is 5.61. The molecule has 3 aromatic rings. The number of nitrogens with one attached hydrogen (secondary N) is 1. The minimum atomic E-state index is -0.966. The first-order valence-electron chi connectivity index (χ1n) is 11.8. The molecule has 1 aromatic heterocycles. The van der Waals surface area contributed by atoms with Gasteiger partial charge < -0.3 is 19.7 Å². The lowest BCUT2D eigenvalue weighted by atomic mass is 9.85. The quantitative estimate of drug-likeness (QED) is 0.470. The Kier molecular flexibility index (Phi) is 6.72. The van der Waals surface area contributed by atoms with Crippen molar-refractivity contribution in [2.75, 3.05) is 20.2 Å². The summed E-state index contributed by atoms with van der Waals surface area (Å²) in [5.74, 6) is 0.0150. The Bertz CT molecular complexity index is 1170. The zero-order valence-electron chi connectivity index (χ0n) is 19.6. The number of aromatic amines is 1. The highest BCUT2D eigenvalue weighted by Gasteiger charge is 2.30. The predicted octanol–water partition coefficient (Wildman–Crippen LogP) is 5.22. The largest absolute Gasteiger partial charge is 0.496 e. The lowest BCUT2D eigenvalue weighted by Crippen LogP contribution is -2.27. The van der Waals surface area contributed by atoms with E-state index in [2.05, 4.69) is 36.3 Å². The van der Waals surface area contributed by atoms with Gasteiger partial charge in [-0.05, 0) is 61.6 Å². The molecule has 2 unspecified atom stereocenters. The van der Waals surface area contributed by atoms with Crippen LogP contribution in [0.2, 0.25) is 0 Å². The van der Waals surface area contributed by atoms with Crippen molar-refractivity contribution in [3.8, 4) is 5.75 Å². The Morgan fingerprint density at radius 1 is 1.21 bits per heavy atom. The number of hydrogen-bond donors (Lipinski definition) is 2. The van der Waals surface area contributed by atoms with Crippen LogP contribution in [0, 0.1) is 5.92 Å². The minimum absolute atomic E-state index is 0.0555. The summed E-state index contributed by atoms with van der Waals surface area (Å²) in [5.41, 5.74) is 4.60. The van der Waals surface area contributed by atoms with Crippen molar-refractivity contribution in [2.45, 2.75) is 45.4 Å². The van der Waals surface area contributed by atoms with E-state index in [0.29, 0.717) is 5.75 Å². The maximum absolute atomic E-state index is 12.6. The van der Waals surface area contributed by atoms with Gasteiger partial charge in [-0.1, -0.05) is 25.5 Å². The first-order chi connectivity index (χ1) is 16.0. The molecule has 0 aliphatic carbocycles. The molecule has 2 aromatic carbocycles. The number of carbonyl (C=O) groups excluding carboxylic acids is 1. The molecule has 2 N–H and O–H groups in total. The van der Waals surface area contributed by atoms with Gasteiger partial charge in [0, 0.05) is 47.6 Å². The molecule has 1 aliphatic rings.